The van der Waals surface area contributed by atoms with Gasteiger partial charge < -0.3 is 0 Å². The van der Waals surface area contributed by atoms with E-state index < -0.39 is 0 Å². The summed E-state index contributed by atoms with van der Waals surface area (Å²) < 4.78 is 0. The van der Waals surface area contributed by atoms with Crippen LogP contribution in [0.5, 0.6) is 0 Å². The molecule has 17 heavy (non-hydrogen) atoms. The van der Waals surface area contributed by atoms with Crippen molar-refractivity contribution in [1.82, 2.24) is 4.90 Å². The highest BCUT2D eigenvalue weighted by atomic mass is 15.1. The van der Waals surface area contributed by atoms with Gasteiger partial charge in [-0.1, -0.05) is 38.7 Å². The van der Waals surface area contributed by atoms with Crippen molar-refractivity contribution in [3.63, 3.8) is 0 Å². The molecular formula is C15H24N2. The van der Waals surface area contributed by atoms with E-state index in [0.717, 1.165) is 24.1 Å². The fourth-order valence-electron chi connectivity index (χ4n) is 2.11. The van der Waals surface area contributed by atoms with Gasteiger partial charge >= 0.3 is 0 Å². The zero-order valence-corrected chi connectivity index (χ0v) is 11.5. The molecule has 0 aromatic rings. The Morgan fingerprint density at radius 2 is 2.12 bits per heavy atom. The molecule has 0 aromatic heterocycles. The first kappa shape index (κ1) is 15.7. The van der Waals surface area contributed by atoms with Crippen LogP contribution in [0, 0.1) is 11.3 Å². The summed E-state index contributed by atoms with van der Waals surface area (Å²) in [4.78, 5) is 2.30. The number of rotatable bonds is 3. The molecule has 0 spiro atoms. The quantitative estimate of drug-likeness (QED) is 0.548. The number of hydrogen-bond donors (Lipinski definition) is 0. The highest BCUT2D eigenvalue weighted by Crippen LogP contribution is 2.26. The molecule has 1 atom stereocenters. The summed E-state index contributed by atoms with van der Waals surface area (Å²) in [5.41, 5.74) is 1.88. The topological polar surface area (TPSA) is 27.0 Å². The van der Waals surface area contributed by atoms with E-state index in [4.69, 9.17) is 5.26 Å². The monoisotopic (exact) mass is 232 g/mol. The van der Waals surface area contributed by atoms with Gasteiger partial charge in [-0.2, -0.15) is 5.26 Å². The Hall–Kier alpha value is -1.33. The molecule has 0 saturated carbocycles. The second-order valence-corrected chi connectivity index (χ2v) is 3.81. The van der Waals surface area contributed by atoms with E-state index in [1.54, 1.807) is 6.08 Å². The molecule has 0 amide bonds. The number of nitrogens with zero attached hydrogens (tertiary/aromatic N) is 2. The van der Waals surface area contributed by atoms with Crippen LogP contribution in [0.15, 0.2) is 36.0 Å². The summed E-state index contributed by atoms with van der Waals surface area (Å²) in [5.74, 6) is 0. The van der Waals surface area contributed by atoms with E-state index in [0.29, 0.717) is 6.04 Å². The van der Waals surface area contributed by atoms with Gasteiger partial charge in [-0.15, -0.1) is 0 Å². The lowest BCUT2D eigenvalue weighted by atomic mass is 9.97. The number of nitriles is 1. The van der Waals surface area contributed by atoms with Crippen molar-refractivity contribution in [1.29, 1.82) is 5.26 Å². The van der Waals surface area contributed by atoms with Crippen molar-refractivity contribution in [2.24, 2.45) is 0 Å². The molecule has 1 rings (SSSR count). The molecule has 0 bridgehead atoms. The van der Waals surface area contributed by atoms with Gasteiger partial charge in [0.1, 0.15) is 0 Å². The molecule has 1 unspecified atom stereocenters. The molecule has 0 aromatic carbocycles. The molecule has 1 fully saturated rings. The van der Waals surface area contributed by atoms with Gasteiger partial charge in [-0.05, 0) is 38.9 Å². The van der Waals surface area contributed by atoms with Gasteiger partial charge in [-0.25, -0.2) is 0 Å². The molecule has 0 aliphatic carbocycles. The van der Waals surface area contributed by atoms with E-state index in [1.165, 1.54) is 6.42 Å². The van der Waals surface area contributed by atoms with Crippen molar-refractivity contribution in [3.8, 4) is 6.07 Å². The van der Waals surface area contributed by atoms with Crippen LogP contribution < -0.4 is 0 Å². The zero-order chi connectivity index (χ0) is 13.3. The summed E-state index contributed by atoms with van der Waals surface area (Å²) in [6.45, 7) is 10.7. The number of allylic oxidation sites excluding steroid dienone is 3. The fourth-order valence-corrected chi connectivity index (χ4v) is 2.11. The maximum Gasteiger partial charge on any atom is 0.0991 e. The average molecular weight is 232 g/mol. The van der Waals surface area contributed by atoms with Crippen molar-refractivity contribution >= 4 is 0 Å². The maximum atomic E-state index is 9.06. The first-order valence-corrected chi connectivity index (χ1v) is 6.34. The Kier molecular flexibility index (Phi) is 8.09. The van der Waals surface area contributed by atoms with Crippen molar-refractivity contribution in [2.45, 2.75) is 39.7 Å². The summed E-state index contributed by atoms with van der Waals surface area (Å²) in [5, 5.41) is 9.06. The summed E-state index contributed by atoms with van der Waals surface area (Å²) >= 11 is 0. The minimum Gasteiger partial charge on any atom is -0.299 e. The van der Waals surface area contributed by atoms with E-state index in [-0.39, 0.29) is 0 Å². The molecule has 94 valence electrons. The third kappa shape index (κ3) is 4.20. The highest BCUT2D eigenvalue weighted by Gasteiger charge is 2.25. The first-order chi connectivity index (χ1) is 8.24. The minimum atomic E-state index is 0.383. The van der Waals surface area contributed by atoms with E-state index in [1.807, 2.05) is 32.9 Å². The lowest BCUT2D eigenvalue weighted by Crippen LogP contribution is -2.27. The third-order valence-corrected chi connectivity index (χ3v) is 2.90. The second-order valence-electron chi connectivity index (χ2n) is 3.81. The summed E-state index contributed by atoms with van der Waals surface area (Å²) in [6, 6.07) is 2.64. The predicted octanol–water partition coefficient (Wildman–Crippen LogP) is 3.69. The molecule has 1 aliphatic rings. The molecule has 0 N–H and O–H groups in total. The van der Waals surface area contributed by atoms with Crippen LogP contribution in [0.1, 0.15) is 33.6 Å². The Morgan fingerprint density at radius 3 is 2.47 bits per heavy atom. The largest absolute Gasteiger partial charge is 0.299 e. The Labute approximate surface area is 106 Å². The molecule has 1 saturated heterocycles. The highest BCUT2D eigenvalue weighted by molar-refractivity contribution is 5.46. The second kappa shape index (κ2) is 8.78. The number of hydrogen-bond acceptors (Lipinski definition) is 2. The number of likely N-dealkylation sites (tertiary alicyclic amines) is 1. The normalized spacial score (nSPS) is 21.5. The Morgan fingerprint density at radius 1 is 1.47 bits per heavy atom. The fraction of sp³-hybridized carbons (Fsp3) is 0.533. The SMILES string of the molecule is C=C/C=C(\C(C#N)=C/C)C1CCCN1C.CC. The molecule has 1 aliphatic heterocycles. The van der Waals surface area contributed by atoms with Crippen LogP contribution in [-0.2, 0) is 0 Å². The lowest BCUT2D eigenvalue weighted by Gasteiger charge is -2.22. The maximum absolute atomic E-state index is 9.06. The van der Waals surface area contributed by atoms with Crippen molar-refractivity contribution in [2.75, 3.05) is 13.6 Å². The van der Waals surface area contributed by atoms with Crippen LogP contribution in [0.2, 0.25) is 0 Å². The predicted molar refractivity (Wildman–Crippen MR) is 74.7 cm³/mol. The lowest BCUT2D eigenvalue weighted by molar-refractivity contribution is 0.347. The molecule has 2 nitrogen and oxygen atoms in total. The summed E-state index contributed by atoms with van der Waals surface area (Å²) in [7, 11) is 2.11. The standard InChI is InChI=1S/C13H18N2.C2H6/c1-4-7-12(11(5-2)10-14)13-8-6-9-15(13)3;1-2/h4-5,7,13H,1,6,8-9H2,2-3H3;1-2H3/b11-5-,12-7+;. The Balaban J connectivity index is 0.00000121. The first-order valence-electron chi connectivity index (χ1n) is 6.34. The van der Waals surface area contributed by atoms with Crippen molar-refractivity contribution in [3.05, 3.63) is 36.0 Å². The van der Waals surface area contributed by atoms with Crippen LogP contribution in [-0.4, -0.2) is 24.5 Å². The van der Waals surface area contributed by atoms with E-state index in [2.05, 4.69) is 24.6 Å². The van der Waals surface area contributed by atoms with Gasteiger partial charge in [-0.3, -0.25) is 4.90 Å². The number of likely N-dealkylation sites (N-methyl/N-ethyl adjacent to an activating group) is 1. The third-order valence-electron chi connectivity index (χ3n) is 2.90. The van der Waals surface area contributed by atoms with Crippen LogP contribution in [0.4, 0.5) is 0 Å². The van der Waals surface area contributed by atoms with E-state index >= 15 is 0 Å². The average Bonchev–Trinajstić information content (AvgIpc) is 2.78. The molecular weight excluding hydrogens is 208 g/mol. The molecule has 0 radical (unpaired) electrons. The van der Waals surface area contributed by atoms with Crippen LogP contribution in [0.25, 0.3) is 0 Å². The van der Waals surface area contributed by atoms with Crippen molar-refractivity contribution < 1.29 is 0 Å². The smallest absolute Gasteiger partial charge is 0.0991 e. The van der Waals surface area contributed by atoms with Gasteiger partial charge in [0, 0.05) is 6.04 Å². The van der Waals surface area contributed by atoms with Crippen LogP contribution >= 0.6 is 0 Å². The Bertz CT molecular complexity index is 331. The van der Waals surface area contributed by atoms with E-state index in [9.17, 15) is 0 Å². The molecule has 2 heteroatoms. The van der Waals surface area contributed by atoms with Gasteiger partial charge in [0.15, 0.2) is 0 Å². The van der Waals surface area contributed by atoms with Gasteiger partial charge in [0.2, 0.25) is 0 Å². The molecule has 1 heterocycles. The van der Waals surface area contributed by atoms with Crippen LogP contribution in [0.3, 0.4) is 0 Å². The summed E-state index contributed by atoms with van der Waals surface area (Å²) in [6.07, 6.45) is 7.95. The van der Waals surface area contributed by atoms with Gasteiger partial charge in [0.25, 0.3) is 0 Å². The minimum absolute atomic E-state index is 0.383. The van der Waals surface area contributed by atoms with Gasteiger partial charge in [0.05, 0.1) is 11.6 Å². The zero-order valence-electron chi connectivity index (χ0n) is 11.5.